The summed E-state index contributed by atoms with van der Waals surface area (Å²) in [6, 6.07) is 0.609. The second-order valence-electron chi connectivity index (χ2n) is 6.47. The minimum atomic E-state index is 0.277. The first-order valence-corrected chi connectivity index (χ1v) is 8.33. The lowest BCUT2D eigenvalue weighted by Gasteiger charge is -2.34. The fourth-order valence-electron chi connectivity index (χ4n) is 4.16. The number of nitrogens with zero attached hydrogens (tertiary/aromatic N) is 1. The van der Waals surface area contributed by atoms with Crippen molar-refractivity contribution < 1.29 is 4.74 Å². The molecule has 104 valence electrons. The first kappa shape index (κ1) is 13.2. The summed E-state index contributed by atoms with van der Waals surface area (Å²) in [5.41, 5.74) is 0.277. The van der Waals surface area contributed by atoms with Gasteiger partial charge in [-0.25, -0.2) is 0 Å². The van der Waals surface area contributed by atoms with E-state index in [0.717, 1.165) is 12.4 Å². The van der Waals surface area contributed by atoms with E-state index in [9.17, 15) is 0 Å². The highest BCUT2D eigenvalue weighted by atomic mass is 35.5. The summed E-state index contributed by atoms with van der Waals surface area (Å²) in [7, 11) is 0. The molecular weight excluding hydrogens is 246 g/mol. The SMILES string of the molecule is ClCC1CCCN1CC1CCC2(CCCCC2)O1. The third-order valence-corrected chi connectivity index (χ3v) is 5.57. The molecule has 1 aliphatic carbocycles. The van der Waals surface area contributed by atoms with Crippen molar-refractivity contribution in [1.82, 2.24) is 4.90 Å². The van der Waals surface area contributed by atoms with Crippen LogP contribution in [0.2, 0.25) is 0 Å². The minimum Gasteiger partial charge on any atom is -0.370 e. The molecule has 2 saturated heterocycles. The number of hydrogen-bond acceptors (Lipinski definition) is 2. The van der Waals surface area contributed by atoms with Crippen LogP contribution in [0, 0.1) is 0 Å². The molecule has 0 bridgehead atoms. The largest absolute Gasteiger partial charge is 0.370 e. The van der Waals surface area contributed by atoms with Crippen molar-refractivity contribution in [3.05, 3.63) is 0 Å². The zero-order valence-electron chi connectivity index (χ0n) is 11.4. The van der Waals surface area contributed by atoms with Crippen LogP contribution >= 0.6 is 11.6 Å². The van der Waals surface area contributed by atoms with Crippen LogP contribution in [0.15, 0.2) is 0 Å². The Bertz CT molecular complexity index is 278. The van der Waals surface area contributed by atoms with Crippen LogP contribution in [0.3, 0.4) is 0 Å². The molecule has 2 aliphatic heterocycles. The highest BCUT2D eigenvalue weighted by Crippen LogP contribution is 2.42. The topological polar surface area (TPSA) is 12.5 Å². The molecule has 1 saturated carbocycles. The third-order valence-electron chi connectivity index (χ3n) is 5.22. The normalized spacial score (nSPS) is 36.5. The van der Waals surface area contributed by atoms with Crippen LogP contribution in [-0.2, 0) is 4.74 Å². The van der Waals surface area contributed by atoms with Gasteiger partial charge in [0.25, 0.3) is 0 Å². The van der Waals surface area contributed by atoms with Gasteiger partial charge >= 0.3 is 0 Å². The van der Waals surface area contributed by atoms with Gasteiger partial charge in [0, 0.05) is 18.5 Å². The average Bonchev–Trinajstić information content (AvgIpc) is 2.99. The maximum absolute atomic E-state index is 6.46. The molecule has 0 aromatic rings. The van der Waals surface area contributed by atoms with Gasteiger partial charge in [-0.1, -0.05) is 19.3 Å². The van der Waals surface area contributed by atoms with Gasteiger partial charge in [0.15, 0.2) is 0 Å². The van der Waals surface area contributed by atoms with Crippen molar-refractivity contribution in [2.75, 3.05) is 19.0 Å². The van der Waals surface area contributed by atoms with E-state index < -0.39 is 0 Å². The number of alkyl halides is 1. The Labute approximate surface area is 116 Å². The lowest BCUT2D eigenvalue weighted by atomic mass is 9.83. The van der Waals surface area contributed by atoms with Crippen molar-refractivity contribution in [3.63, 3.8) is 0 Å². The van der Waals surface area contributed by atoms with E-state index in [2.05, 4.69) is 4.90 Å². The smallest absolute Gasteiger partial charge is 0.0710 e. The molecule has 3 fully saturated rings. The summed E-state index contributed by atoms with van der Waals surface area (Å²) in [6.45, 7) is 2.35. The molecule has 2 heterocycles. The van der Waals surface area contributed by atoms with E-state index in [1.165, 1.54) is 64.3 Å². The van der Waals surface area contributed by atoms with Crippen LogP contribution in [-0.4, -0.2) is 41.6 Å². The zero-order chi connectivity index (χ0) is 12.4. The quantitative estimate of drug-likeness (QED) is 0.728. The van der Waals surface area contributed by atoms with E-state index in [1.54, 1.807) is 0 Å². The standard InChI is InChI=1S/C15H26ClNO/c16-11-13-5-4-10-17(13)12-14-6-9-15(18-14)7-2-1-3-8-15/h13-14H,1-12H2. The Balaban J connectivity index is 1.52. The summed E-state index contributed by atoms with van der Waals surface area (Å²) in [5, 5.41) is 0. The second kappa shape index (κ2) is 5.68. The molecule has 3 rings (SSSR count). The molecule has 2 atom stereocenters. The first-order valence-electron chi connectivity index (χ1n) is 7.79. The van der Waals surface area contributed by atoms with E-state index in [4.69, 9.17) is 16.3 Å². The summed E-state index contributed by atoms with van der Waals surface area (Å²) >= 11 is 6.05. The fourth-order valence-corrected chi connectivity index (χ4v) is 4.51. The predicted octanol–water partition coefficient (Wildman–Crippen LogP) is 3.57. The second-order valence-corrected chi connectivity index (χ2v) is 6.78. The molecule has 0 N–H and O–H groups in total. The summed E-state index contributed by atoms with van der Waals surface area (Å²) in [4.78, 5) is 2.57. The first-order chi connectivity index (χ1) is 8.81. The Kier molecular flexibility index (Phi) is 4.17. The average molecular weight is 272 g/mol. The highest BCUT2D eigenvalue weighted by molar-refractivity contribution is 6.18. The number of hydrogen-bond donors (Lipinski definition) is 0. The third kappa shape index (κ3) is 2.71. The Morgan fingerprint density at radius 2 is 1.89 bits per heavy atom. The van der Waals surface area contributed by atoms with E-state index >= 15 is 0 Å². The van der Waals surface area contributed by atoms with Gasteiger partial charge in [-0.05, 0) is 45.1 Å². The van der Waals surface area contributed by atoms with Gasteiger partial charge in [-0.15, -0.1) is 11.6 Å². The van der Waals surface area contributed by atoms with Crippen molar-refractivity contribution >= 4 is 11.6 Å². The van der Waals surface area contributed by atoms with E-state index in [-0.39, 0.29) is 5.60 Å². The van der Waals surface area contributed by atoms with Gasteiger partial charge in [0.2, 0.25) is 0 Å². The van der Waals surface area contributed by atoms with Gasteiger partial charge < -0.3 is 4.74 Å². The molecule has 0 radical (unpaired) electrons. The number of likely N-dealkylation sites (tertiary alicyclic amines) is 1. The highest BCUT2D eigenvalue weighted by Gasteiger charge is 2.41. The van der Waals surface area contributed by atoms with Crippen LogP contribution in [0.1, 0.15) is 57.8 Å². The van der Waals surface area contributed by atoms with E-state index in [1.807, 2.05) is 0 Å². The summed E-state index contributed by atoms with van der Waals surface area (Å²) < 4.78 is 6.46. The van der Waals surface area contributed by atoms with Gasteiger partial charge in [0.1, 0.15) is 0 Å². The number of ether oxygens (including phenoxy) is 1. The molecule has 3 aliphatic rings. The summed E-state index contributed by atoms with van der Waals surface area (Å²) in [6.07, 6.45) is 12.4. The number of rotatable bonds is 3. The van der Waals surface area contributed by atoms with E-state index in [0.29, 0.717) is 12.1 Å². The van der Waals surface area contributed by atoms with Crippen LogP contribution in [0.25, 0.3) is 0 Å². The Hall–Kier alpha value is 0.210. The van der Waals surface area contributed by atoms with Crippen LogP contribution in [0.5, 0.6) is 0 Å². The van der Waals surface area contributed by atoms with Crippen molar-refractivity contribution in [3.8, 4) is 0 Å². The predicted molar refractivity (Wildman–Crippen MR) is 75.2 cm³/mol. The van der Waals surface area contributed by atoms with Crippen molar-refractivity contribution in [2.45, 2.75) is 75.5 Å². The van der Waals surface area contributed by atoms with Crippen LogP contribution in [0.4, 0.5) is 0 Å². The van der Waals surface area contributed by atoms with Crippen LogP contribution < -0.4 is 0 Å². The molecule has 1 spiro atoms. The molecule has 18 heavy (non-hydrogen) atoms. The maximum Gasteiger partial charge on any atom is 0.0710 e. The lowest BCUT2D eigenvalue weighted by Crippen LogP contribution is -2.39. The monoisotopic (exact) mass is 271 g/mol. The van der Waals surface area contributed by atoms with Crippen molar-refractivity contribution in [2.24, 2.45) is 0 Å². The summed E-state index contributed by atoms with van der Waals surface area (Å²) in [5.74, 6) is 0.790. The molecule has 3 heteroatoms. The molecule has 0 amide bonds. The van der Waals surface area contributed by atoms with Crippen molar-refractivity contribution in [1.29, 1.82) is 0 Å². The fraction of sp³-hybridized carbons (Fsp3) is 1.00. The van der Waals surface area contributed by atoms with Gasteiger partial charge in [-0.2, -0.15) is 0 Å². The molecule has 0 aromatic carbocycles. The Morgan fingerprint density at radius 1 is 1.06 bits per heavy atom. The van der Waals surface area contributed by atoms with Gasteiger partial charge in [-0.3, -0.25) is 4.90 Å². The maximum atomic E-state index is 6.46. The molecule has 0 aromatic heterocycles. The Morgan fingerprint density at radius 3 is 2.67 bits per heavy atom. The zero-order valence-corrected chi connectivity index (χ0v) is 12.1. The lowest BCUT2D eigenvalue weighted by molar-refractivity contribution is -0.0722. The molecule has 2 nitrogen and oxygen atoms in total. The van der Waals surface area contributed by atoms with Gasteiger partial charge in [0.05, 0.1) is 11.7 Å². The molecule has 2 unspecified atom stereocenters. The number of halogens is 1. The molecular formula is C15H26ClNO. The minimum absolute atomic E-state index is 0.277.